The van der Waals surface area contributed by atoms with E-state index in [9.17, 15) is 0 Å². The number of thiocarbonyl (C=S) groups is 1. The molecule has 0 bridgehead atoms. The van der Waals surface area contributed by atoms with Gasteiger partial charge in [0.1, 0.15) is 17.2 Å². The van der Waals surface area contributed by atoms with Crippen LogP contribution in [0, 0.1) is 0 Å². The van der Waals surface area contributed by atoms with Crippen molar-refractivity contribution in [2.45, 2.75) is 0 Å². The summed E-state index contributed by atoms with van der Waals surface area (Å²) in [6.07, 6.45) is 1.61. The number of rotatable bonds is 6. The van der Waals surface area contributed by atoms with Crippen molar-refractivity contribution < 1.29 is 14.2 Å². The molecule has 6 nitrogen and oxygen atoms in total. The molecule has 0 atom stereocenters. The van der Waals surface area contributed by atoms with Crippen molar-refractivity contribution in [1.82, 2.24) is 5.43 Å². The summed E-state index contributed by atoms with van der Waals surface area (Å²) < 4.78 is 15.6. The summed E-state index contributed by atoms with van der Waals surface area (Å²) in [5, 5.41) is 7.52. The molecule has 2 rings (SSSR count). The van der Waals surface area contributed by atoms with Gasteiger partial charge >= 0.3 is 0 Å². The molecular weight excluding hydrogens is 326 g/mol. The van der Waals surface area contributed by atoms with E-state index in [-0.39, 0.29) is 0 Å². The van der Waals surface area contributed by atoms with Crippen LogP contribution in [0.15, 0.2) is 47.6 Å². The van der Waals surface area contributed by atoms with Gasteiger partial charge in [-0.25, -0.2) is 0 Å². The van der Waals surface area contributed by atoms with Crippen LogP contribution in [0.2, 0.25) is 0 Å². The summed E-state index contributed by atoms with van der Waals surface area (Å²) in [5.74, 6) is 2.19. The Bertz CT molecular complexity index is 718. The lowest BCUT2D eigenvalue weighted by Crippen LogP contribution is -2.23. The molecule has 2 aromatic rings. The van der Waals surface area contributed by atoms with Gasteiger partial charge in [-0.2, -0.15) is 5.10 Å². The summed E-state index contributed by atoms with van der Waals surface area (Å²) in [7, 11) is 4.83. The molecule has 0 aliphatic carbocycles. The van der Waals surface area contributed by atoms with Gasteiger partial charge in [-0.05, 0) is 54.7 Å². The first-order valence-electron chi connectivity index (χ1n) is 7.12. The molecule has 0 heterocycles. The molecule has 0 spiro atoms. The van der Waals surface area contributed by atoms with Gasteiger partial charge < -0.3 is 19.5 Å². The highest BCUT2D eigenvalue weighted by Crippen LogP contribution is 2.22. The number of hydrogen-bond donors (Lipinski definition) is 2. The third-order valence-electron chi connectivity index (χ3n) is 3.15. The van der Waals surface area contributed by atoms with E-state index in [0.717, 1.165) is 22.7 Å². The zero-order valence-electron chi connectivity index (χ0n) is 13.7. The number of anilines is 1. The van der Waals surface area contributed by atoms with Crippen LogP contribution >= 0.6 is 12.2 Å². The Morgan fingerprint density at radius 2 is 1.62 bits per heavy atom. The average molecular weight is 345 g/mol. The van der Waals surface area contributed by atoms with Gasteiger partial charge in [-0.15, -0.1) is 0 Å². The Hall–Kier alpha value is -2.80. The maximum atomic E-state index is 5.28. The maximum Gasteiger partial charge on any atom is 0.191 e. The Morgan fingerprint density at radius 1 is 0.958 bits per heavy atom. The molecule has 0 aromatic heterocycles. The maximum absolute atomic E-state index is 5.28. The largest absolute Gasteiger partial charge is 0.497 e. The fourth-order valence-corrected chi connectivity index (χ4v) is 2.10. The smallest absolute Gasteiger partial charge is 0.191 e. The minimum Gasteiger partial charge on any atom is -0.497 e. The fourth-order valence-electron chi connectivity index (χ4n) is 1.93. The molecule has 24 heavy (non-hydrogen) atoms. The second-order valence-corrected chi connectivity index (χ2v) is 5.07. The van der Waals surface area contributed by atoms with Crippen LogP contribution in [0.4, 0.5) is 5.69 Å². The van der Waals surface area contributed by atoms with Crippen molar-refractivity contribution in [3.05, 3.63) is 48.0 Å². The second kappa shape index (κ2) is 8.73. The van der Waals surface area contributed by atoms with E-state index in [1.807, 2.05) is 42.5 Å². The molecule has 2 aromatic carbocycles. The molecule has 0 saturated carbocycles. The molecule has 0 radical (unpaired) electrons. The van der Waals surface area contributed by atoms with Crippen molar-refractivity contribution in [2.75, 3.05) is 26.6 Å². The van der Waals surface area contributed by atoms with Crippen molar-refractivity contribution in [1.29, 1.82) is 0 Å². The van der Waals surface area contributed by atoms with E-state index < -0.39 is 0 Å². The standard InChI is InChI=1S/C17H19N3O3S/c1-21-14-6-4-13(5-7-14)19-17(24)20-18-11-12-10-15(22-2)8-9-16(12)23-3/h4-11H,1-3H3,(H2,19,20,24). The number of nitrogens with one attached hydrogen (secondary N) is 2. The summed E-state index contributed by atoms with van der Waals surface area (Å²) in [4.78, 5) is 0. The fraction of sp³-hybridized carbons (Fsp3) is 0.176. The summed E-state index contributed by atoms with van der Waals surface area (Å²) in [6, 6.07) is 12.9. The Balaban J connectivity index is 1.96. The van der Waals surface area contributed by atoms with Gasteiger partial charge in [0, 0.05) is 11.3 Å². The zero-order valence-corrected chi connectivity index (χ0v) is 14.5. The van der Waals surface area contributed by atoms with Crippen molar-refractivity contribution in [3.63, 3.8) is 0 Å². The lowest BCUT2D eigenvalue weighted by Gasteiger charge is -2.09. The summed E-state index contributed by atoms with van der Waals surface area (Å²) >= 11 is 5.20. The molecule has 0 aliphatic rings. The molecular formula is C17H19N3O3S. The van der Waals surface area contributed by atoms with E-state index in [0.29, 0.717) is 10.9 Å². The van der Waals surface area contributed by atoms with Crippen LogP contribution in [-0.2, 0) is 0 Å². The van der Waals surface area contributed by atoms with Crippen molar-refractivity contribution >= 4 is 29.2 Å². The number of hydrazone groups is 1. The molecule has 0 amide bonds. The topological polar surface area (TPSA) is 64.1 Å². The van der Waals surface area contributed by atoms with Crippen LogP contribution in [0.3, 0.4) is 0 Å². The minimum absolute atomic E-state index is 0.373. The lowest BCUT2D eigenvalue weighted by molar-refractivity contribution is 0.402. The Kier molecular flexibility index (Phi) is 6.39. The van der Waals surface area contributed by atoms with E-state index in [4.69, 9.17) is 26.4 Å². The van der Waals surface area contributed by atoms with Crippen LogP contribution in [0.1, 0.15) is 5.56 Å². The third-order valence-corrected chi connectivity index (χ3v) is 3.35. The molecule has 2 N–H and O–H groups in total. The van der Waals surface area contributed by atoms with Gasteiger partial charge in [0.25, 0.3) is 0 Å². The van der Waals surface area contributed by atoms with Gasteiger partial charge in [0.15, 0.2) is 5.11 Å². The Morgan fingerprint density at radius 3 is 2.25 bits per heavy atom. The van der Waals surface area contributed by atoms with Crippen molar-refractivity contribution in [3.8, 4) is 17.2 Å². The molecule has 126 valence electrons. The van der Waals surface area contributed by atoms with Crippen LogP contribution < -0.4 is 25.0 Å². The first-order valence-corrected chi connectivity index (χ1v) is 7.53. The predicted molar refractivity (Wildman–Crippen MR) is 99.5 cm³/mol. The van der Waals surface area contributed by atoms with Gasteiger partial charge in [-0.1, -0.05) is 0 Å². The number of methoxy groups -OCH3 is 3. The quantitative estimate of drug-likeness (QED) is 0.477. The van der Waals surface area contributed by atoms with E-state index >= 15 is 0 Å². The number of hydrogen-bond acceptors (Lipinski definition) is 5. The first kappa shape index (κ1) is 17.6. The highest BCUT2D eigenvalue weighted by Gasteiger charge is 2.03. The molecule has 7 heteroatoms. The number of nitrogens with zero attached hydrogens (tertiary/aromatic N) is 1. The van der Waals surface area contributed by atoms with Gasteiger partial charge in [0.2, 0.25) is 0 Å². The van der Waals surface area contributed by atoms with Crippen LogP contribution in [-0.4, -0.2) is 32.7 Å². The monoisotopic (exact) mass is 345 g/mol. The SMILES string of the molecule is COc1ccc(NC(=S)NN=Cc2cc(OC)ccc2OC)cc1. The first-order chi connectivity index (χ1) is 11.7. The minimum atomic E-state index is 0.373. The molecule has 0 fully saturated rings. The van der Waals surface area contributed by atoms with Crippen LogP contribution in [0.5, 0.6) is 17.2 Å². The summed E-state index contributed by atoms with van der Waals surface area (Å²) in [6.45, 7) is 0. The highest BCUT2D eigenvalue weighted by atomic mass is 32.1. The highest BCUT2D eigenvalue weighted by molar-refractivity contribution is 7.80. The van der Waals surface area contributed by atoms with E-state index in [1.165, 1.54) is 0 Å². The zero-order chi connectivity index (χ0) is 17.4. The average Bonchev–Trinajstić information content (AvgIpc) is 2.62. The Labute approximate surface area is 146 Å². The van der Waals surface area contributed by atoms with Gasteiger partial charge in [-0.3, -0.25) is 5.43 Å². The second-order valence-electron chi connectivity index (χ2n) is 4.66. The number of ether oxygens (including phenoxy) is 3. The van der Waals surface area contributed by atoms with Crippen LogP contribution in [0.25, 0.3) is 0 Å². The molecule has 0 aliphatic heterocycles. The van der Waals surface area contributed by atoms with E-state index in [1.54, 1.807) is 27.5 Å². The van der Waals surface area contributed by atoms with E-state index in [2.05, 4.69) is 15.8 Å². The van der Waals surface area contributed by atoms with Crippen molar-refractivity contribution in [2.24, 2.45) is 5.10 Å². The van der Waals surface area contributed by atoms with Gasteiger partial charge in [0.05, 0.1) is 27.5 Å². The number of benzene rings is 2. The molecule has 0 unspecified atom stereocenters. The normalized spacial score (nSPS) is 10.3. The third kappa shape index (κ3) is 4.85. The lowest BCUT2D eigenvalue weighted by atomic mass is 10.2. The predicted octanol–water partition coefficient (Wildman–Crippen LogP) is 3.03. The molecule has 0 saturated heterocycles. The summed E-state index contributed by atoms with van der Waals surface area (Å²) in [5.41, 5.74) is 4.37.